The number of para-hydroxylation sites is 1. The summed E-state index contributed by atoms with van der Waals surface area (Å²) in [6.07, 6.45) is 0.575. The normalized spacial score (nSPS) is 10.6. The van der Waals surface area contributed by atoms with Crippen molar-refractivity contribution in [2.45, 2.75) is 19.9 Å². The van der Waals surface area contributed by atoms with Crippen molar-refractivity contribution in [3.63, 3.8) is 0 Å². The van der Waals surface area contributed by atoms with E-state index >= 15 is 0 Å². The molecule has 0 bridgehead atoms. The van der Waals surface area contributed by atoms with Crippen molar-refractivity contribution in [2.24, 2.45) is 0 Å². The van der Waals surface area contributed by atoms with E-state index in [-0.39, 0.29) is 0 Å². The van der Waals surface area contributed by atoms with Gasteiger partial charge in [-0.15, -0.1) is 0 Å². The topological polar surface area (TPSA) is 21.3 Å². The molecule has 2 aromatic rings. The van der Waals surface area contributed by atoms with Crippen LogP contribution in [0.2, 0.25) is 0 Å². The van der Waals surface area contributed by atoms with Crippen LogP contribution in [0.15, 0.2) is 42.5 Å². The lowest BCUT2D eigenvalue weighted by atomic mass is 10.1. The zero-order valence-corrected chi connectivity index (χ0v) is 12.0. The first-order chi connectivity index (χ1) is 10.2. The summed E-state index contributed by atoms with van der Waals surface area (Å²) in [5, 5.41) is 3.26. The van der Waals surface area contributed by atoms with E-state index in [9.17, 15) is 8.78 Å². The van der Waals surface area contributed by atoms with Gasteiger partial charge in [-0.05, 0) is 43.7 Å². The predicted molar refractivity (Wildman–Crippen MR) is 79.4 cm³/mol. The Balaban J connectivity index is 1.84. The molecule has 0 saturated carbocycles. The van der Waals surface area contributed by atoms with Gasteiger partial charge >= 0.3 is 0 Å². The molecular weight excluding hydrogens is 272 g/mol. The molecule has 0 aliphatic carbocycles. The average molecular weight is 291 g/mol. The number of halogens is 2. The molecule has 0 heterocycles. The summed E-state index contributed by atoms with van der Waals surface area (Å²) in [6.45, 7) is 3.87. The Morgan fingerprint density at radius 2 is 1.76 bits per heavy atom. The van der Waals surface area contributed by atoms with Crippen molar-refractivity contribution in [3.8, 4) is 5.75 Å². The van der Waals surface area contributed by atoms with E-state index in [2.05, 4.69) is 5.32 Å². The number of rotatable bonds is 7. The van der Waals surface area contributed by atoms with Crippen LogP contribution >= 0.6 is 0 Å². The first kappa shape index (κ1) is 15.4. The van der Waals surface area contributed by atoms with E-state index in [0.29, 0.717) is 31.7 Å². The highest BCUT2D eigenvalue weighted by Gasteiger charge is 2.03. The molecule has 0 aliphatic rings. The van der Waals surface area contributed by atoms with Gasteiger partial charge in [0.05, 0.1) is 6.61 Å². The third-order valence-electron chi connectivity index (χ3n) is 3.10. The van der Waals surface area contributed by atoms with Gasteiger partial charge in [0.25, 0.3) is 0 Å². The fourth-order valence-electron chi connectivity index (χ4n) is 2.16. The van der Waals surface area contributed by atoms with Crippen molar-refractivity contribution in [1.82, 2.24) is 5.32 Å². The first-order valence-electron chi connectivity index (χ1n) is 7.05. The maximum Gasteiger partial charge on any atom is 0.126 e. The molecule has 0 aliphatic heterocycles. The Kier molecular flexibility index (Phi) is 5.69. The van der Waals surface area contributed by atoms with E-state index in [1.54, 1.807) is 0 Å². The molecule has 2 aromatic carbocycles. The van der Waals surface area contributed by atoms with E-state index in [1.165, 1.54) is 12.1 Å². The zero-order chi connectivity index (χ0) is 15.1. The maximum atomic E-state index is 13.1. The molecule has 0 radical (unpaired) electrons. The Morgan fingerprint density at radius 3 is 2.48 bits per heavy atom. The Bertz CT molecular complexity index is 567. The van der Waals surface area contributed by atoms with Crippen LogP contribution in [-0.2, 0) is 13.0 Å². The lowest BCUT2D eigenvalue weighted by Gasteiger charge is -2.11. The van der Waals surface area contributed by atoms with Gasteiger partial charge in [0.2, 0.25) is 0 Å². The molecule has 0 fully saturated rings. The van der Waals surface area contributed by atoms with Crippen molar-refractivity contribution in [1.29, 1.82) is 0 Å². The minimum atomic E-state index is -0.535. The molecule has 2 rings (SSSR count). The minimum Gasteiger partial charge on any atom is -0.494 e. The molecule has 1 N–H and O–H groups in total. The molecular formula is C17H19F2NO. The largest absolute Gasteiger partial charge is 0.494 e. The SMILES string of the molecule is CCOc1ccccc1CNCCc1cc(F)cc(F)c1. The van der Waals surface area contributed by atoms with Crippen LogP contribution in [-0.4, -0.2) is 13.2 Å². The highest BCUT2D eigenvalue weighted by atomic mass is 19.1. The lowest BCUT2D eigenvalue weighted by molar-refractivity contribution is 0.335. The summed E-state index contributed by atoms with van der Waals surface area (Å²) in [6, 6.07) is 11.4. The number of ether oxygens (including phenoxy) is 1. The number of benzene rings is 2. The third-order valence-corrected chi connectivity index (χ3v) is 3.10. The summed E-state index contributed by atoms with van der Waals surface area (Å²) in [7, 11) is 0. The third kappa shape index (κ3) is 4.83. The molecule has 2 nitrogen and oxygen atoms in total. The van der Waals surface area contributed by atoms with Crippen LogP contribution in [0.5, 0.6) is 5.75 Å². The van der Waals surface area contributed by atoms with Crippen molar-refractivity contribution >= 4 is 0 Å². The lowest BCUT2D eigenvalue weighted by Crippen LogP contribution is -2.17. The smallest absolute Gasteiger partial charge is 0.126 e. The van der Waals surface area contributed by atoms with Gasteiger partial charge in [0.15, 0.2) is 0 Å². The van der Waals surface area contributed by atoms with Crippen LogP contribution in [0.3, 0.4) is 0 Å². The van der Waals surface area contributed by atoms with Crippen LogP contribution in [0, 0.1) is 11.6 Å². The van der Waals surface area contributed by atoms with Crippen LogP contribution in [0.4, 0.5) is 8.78 Å². The molecule has 0 aromatic heterocycles. The monoisotopic (exact) mass is 291 g/mol. The standard InChI is InChI=1S/C17H19F2NO/c1-2-21-17-6-4-3-5-14(17)12-20-8-7-13-9-15(18)11-16(19)10-13/h3-6,9-11,20H,2,7-8,12H2,1H3. The Hall–Kier alpha value is -1.94. The van der Waals surface area contributed by atoms with Gasteiger partial charge in [0.1, 0.15) is 17.4 Å². The van der Waals surface area contributed by atoms with E-state index in [0.717, 1.165) is 17.4 Å². The highest BCUT2D eigenvalue weighted by molar-refractivity contribution is 5.33. The van der Waals surface area contributed by atoms with Crippen LogP contribution in [0.25, 0.3) is 0 Å². The summed E-state index contributed by atoms with van der Waals surface area (Å²) < 4.78 is 31.7. The van der Waals surface area contributed by atoms with Crippen molar-refractivity contribution in [3.05, 3.63) is 65.2 Å². The highest BCUT2D eigenvalue weighted by Crippen LogP contribution is 2.17. The maximum absolute atomic E-state index is 13.1. The van der Waals surface area contributed by atoms with E-state index in [1.807, 2.05) is 31.2 Å². The Morgan fingerprint density at radius 1 is 1.05 bits per heavy atom. The second kappa shape index (κ2) is 7.74. The quantitative estimate of drug-likeness (QED) is 0.785. The Labute approximate surface area is 123 Å². The van der Waals surface area contributed by atoms with E-state index < -0.39 is 11.6 Å². The predicted octanol–water partition coefficient (Wildman–Crippen LogP) is 3.70. The second-order valence-corrected chi connectivity index (χ2v) is 4.75. The number of nitrogens with one attached hydrogen (secondary N) is 1. The molecule has 0 spiro atoms. The fourth-order valence-corrected chi connectivity index (χ4v) is 2.16. The van der Waals surface area contributed by atoms with Gasteiger partial charge < -0.3 is 10.1 Å². The van der Waals surface area contributed by atoms with Crippen LogP contribution < -0.4 is 10.1 Å². The summed E-state index contributed by atoms with van der Waals surface area (Å²) in [5.41, 5.74) is 1.72. The van der Waals surface area contributed by atoms with Gasteiger partial charge in [-0.3, -0.25) is 0 Å². The summed E-state index contributed by atoms with van der Waals surface area (Å²) in [5.74, 6) is -0.206. The molecule has 0 saturated heterocycles. The molecule has 21 heavy (non-hydrogen) atoms. The molecule has 0 atom stereocenters. The second-order valence-electron chi connectivity index (χ2n) is 4.75. The number of hydrogen-bond donors (Lipinski definition) is 1. The van der Waals surface area contributed by atoms with Crippen molar-refractivity contribution in [2.75, 3.05) is 13.2 Å². The van der Waals surface area contributed by atoms with Gasteiger partial charge in [0, 0.05) is 18.2 Å². The molecule has 0 amide bonds. The average Bonchev–Trinajstić information content (AvgIpc) is 2.44. The van der Waals surface area contributed by atoms with Crippen molar-refractivity contribution < 1.29 is 13.5 Å². The van der Waals surface area contributed by atoms with Gasteiger partial charge in [-0.1, -0.05) is 18.2 Å². The zero-order valence-electron chi connectivity index (χ0n) is 12.0. The molecule has 112 valence electrons. The van der Waals surface area contributed by atoms with E-state index in [4.69, 9.17) is 4.74 Å². The summed E-state index contributed by atoms with van der Waals surface area (Å²) >= 11 is 0. The fraction of sp³-hybridized carbons (Fsp3) is 0.294. The minimum absolute atomic E-state index is 0.535. The van der Waals surface area contributed by atoms with Crippen LogP contribution in [0.1, 0.15) is 18.1 Å². The first-order valence-corrected chi connectivity index (χ1v) is 7.05. The number of hydrogen-bond acceptors (Lipinski definition) is 2. The van der Waals surface area contributed by atoms with Gasteiger partial charge in [-0.25, -0.2) is 8.78 Å². The van der Waals surface area contributed by atoms with Gasteiger partial charge in [-0.2, -0.15) is 0 Å². The molecule has 4 heteroatoms. The molecule has 0 unspecified atom stereocenters. The summed E-state index contributed by atoms with van der Waals surface area (Å²) in [4.78, 5) is 0.